The smallest absolute Gasteiger partial charge is 0.332 e. The van der Waals surface area contributed by atoms with Crippen LogP contribution in [0.25, 0.3) is 0 Å². The second kappa shape index (κ2) is 6.67. The summed E-state index contributed by atoms with van der Waals surface area (Å²) in [4.78, 5) is 10.7. The Hall–Kier alpha value is -1.03. The van der Waals surface area contributed by atoms with Gasteiger partial charge in [0.05, 0.1) is 13.2 Å². The molecular weight excluding hydrogens is 158 g/mol. The van der Waals surface area contributed by atoms with E-state index in [1.165, 1.54) is 12.3 Å². The number of hydrogen-bond donors (Lipinski definition) is 2. The average molecular weight is 173 g/mol. The minimum absolute atomic E-state index is 0.0349. The largest absolute Gasteiger partial charge is 0.463 e. The molecule has 0 spiro atoms. The highest BCUT2D eigenvalue weighted by molar-refractivity contribution is 5.81. The minimum atomic E-state index is -0.380. The second-order valence-electron chi connectivity index (χ2n) is 2.34. The van der Waals surface area contributed by atoms with Crippen LogP contribution < -0.4 is 5.32 Å². The van der Waals surface area contributed by atoms with Crippen LogP contribution in [0.15, 0.2) is 12.3 Å². The van der Waals surface area contributed by atoms with E-state index in [1.807, 2.05) is 0 Å². The first-order chi connectivity index (χ1) is 5.70. The molecule has 0 amide bonds. The summed E-state index contributed by atoms with van der Waals surface area (Å²) in [5.41, 5.74) is 0. The first-order valence-electron chi connectivity index (χ1n) is 3.91. The zero-order valence-electron chi connectivity index (χ0n) is 7.41. The fourth-order valence-corrected chi connectivity index (χ4v) is 0.523. The molecule has 0 radical (unpaired) electrons. The Balaban J connectivity index is 3.54. The number of aliphatic hydroxyl groups excluding tert-OH is 1. The van der Waals surface area contributed by atoms with Crippen LogP contribution in [-0.2, 0) is 9.53 Å². The lowest BCUT2D eigenvalue weighted by Gasteiger charge is -2.05. The van der Waals surface area contributed by atoms with Gasteiger partial charge in [-0.15, -0.1) is 0 Å². The number of nitrogens with one attached hydrogen (secondary N) is 1. The van der Waals surface area contributed by atoms with Crippen LogP contribution in [0, 0.1) is 0 Å². The summed E-state index contributed by atoms with van der Waals surface area (Å²) < 4.78 is 4.63. The fraction of sp³-hybridized carbons (Fsp3) is 0.625. The number of hydrogen-bond acceptors (Lipinski definition) is 4. The lowest BCUT2D eigenvalue weighted by atomic mass is 10.4. The van der Waals surface area contributed by atoms with Gasteiger partial charge in [-0.1, -0.05) is 0 Å². The molecule has 0 saturated carbocycles. The molecule has 0 aromatic heterocycles. The number of esters is 1. The van der Waals surface area contributed by atoms with E-state index in [1.54, 1.807) is 13.8 Å². The normalized spacial score (nSPS) is 12.9. The van der Waals surface area contributed by atoms with Crippen molar-refractivity contribution >= 4 is 5.97 Å². The molecule has 12 heavy (non-hydrogen) atoms. The first kappa shape index (κ1) is 11.0. The van der Waals surface area contributed by atoms with Crippen LogP contribution in [0.3, 0.4) is 0 Å². The molecule has 0 aliphatic carbocycles. The molecule has 0 aromatic carbocycles. The van der Waals surface area contributed by atoms with Gasteiger partial charge in [0.1, 0.15) is 0 Å². The Morgan fingerprint density at radius 3 is 2.92 bits per heavy atom. The maximum Gasteiger partial charge on any atom is 0.332 e. The molecule has 0 aliphatic rings. The number of rotatable bonds is 5. The summed E-state index contributed by atoms with van der Waals surface area (Å²) in [5, 5.41) is 11.4. The Morgan fingerprint density at radius 2 is 2.42 bits per heavy atom. The van der Waals surface area contributed by atoms with E-state index in [0.717, 1.165) is 0 Å². The monoisotopic (exact) mass is 173 g/mol. The Labute approximate surface area is 72.2 Å². The molecule has 0 aromatic rings. The van der Waals surface area contributed by atoms with Crippen molar-refractivity contribution in [3.05, 3.63) is 12.3 Å². The molecule has 0 fully saturated rings. The van der Waals surface area contributed by atoms with E-state index in [4.69, 9.17) is 5.11 Å². The molecule has 4 heteroatoms. The van der Waals surface area contributed by atoms with Crippen molar-refractivity contribution in [1.82, 2.24) is 5.32 Å². The average Bonchev–Trinajstić information content (AvgIpc) is 2.04. The number of carbonyl (C=O) groups excluding carboxylic acids is 1. The molecule has 0 unspecified atom stereocenters. The van der Waals surface area contributed by atoms with Crippen LogP contribution in [0.1, 0.15) is 13.8 Å². The number of ether oxygens (including phenoxy) is 1. The van der Waals surface area contributed by atoms with Crippen molar-refractivity contribution in [3.8, 4) is 0 Å². The summed E-state index contributed by atoms with van der Waals surface area (Å²) in [6.07, 6.45) is 2.76. The zero-order chi connectivity index (χ0) is 9.40. The summed E-state index contributed by atoms with van der Waals surface area (Å²) in [6.45, 7) is 3.96. The van der Waals surface area contributed by atoms with Gasteiger partial charge in [-0.05, 0) is 13.8 Å². The van der Waals surface area contributed by atoms with Crippen molar-refractivity contribution < 1.29 is 14.6 Å². The van der Waals surface area contributed by atoms with Gasteiger partial charge in [-0.3, -0.25) is 0 Å². The Bertz CT molecular complexity index is 156. The van der Waals surface area contributed by atoms with E-state index in [9.17, 15) is 4.79 Å². The van der Waals surface area contributed by atoms with Crippen LogP contribution in [0.4, 0.5) is 0 Å². The molecule has 70 valence electrons. The van der Waals surface area contributed by atoms with E-state index in [0.29, 0.717) is 6.61 Å². The minimum Gasteiger partial charge on any atom is -0.463 e. The molecule has 2 N–H and O–H groups in total. The van der Waals surface area contributed by atoms with Crippen molar-refractivity contribution in [2.45, 2.75) is 19.9 Å². The van der Waals surface area contributed by atoms with Gasteiger partial charge >= 0.3 is 5.97 Å². The van der Waals surface area contributed by atoms with E-state index in [-0.39, 0.29) is 18.6 Å². The fourth-order valence-electron chi connectivity index (χ4n) is 0.523. The van der Waals surface area contributed by atoms with Crippen molar-refractivity contribution in [2.75, 3.05) is 13.2 Å². The van der Waals surface area contributed by atoms with E-state index >= 15 is 0 Å². The lowest BCUT2D eigenvalue weighted by Crippen LogP contribution is -2.24. The third-order valence-electron chi connectivity index (χ3n) is 1.16. The molecule has 4 nitrogen and oxygen atoms in total. The molecule has 1 atom stereocenters. The van der Waals surface area contributed by atoms with Gasteiger partial charge in [0.25, 0.3) is 0 Å². The van der Waals surface area contributed by atoms with Gasteiger partial charge in [-0.2, -0.15) is 0 Å². The van der Waals surface area contributed by atoms with Gasteiger partial charge in [-0.25, -0.2) is 4.79 Å². The summed E-state index contributed by atoms with van der Waals surface area (Å²) in [7, 11) is 0. The molecule has 0 rings (SSSR count). The number of carbonyl (C=O) groups is 1. The molecular formula is C8H15NO3. The number of aliphatic hydroxyl groups is 1. The van der Waals surface area contributed by atoms with Crippen molar-refractivity contribution in [1.29, 1.82) is 0 Å². The van der Waals surface area contributed by atoms with Crippen LogP contribution >= 0.6 is 0 Å². The Kier molecular flexibility index (Phi) is 6.09. The predicted octanol–water partition coefficient (Wildman–Crippen LogP) is 0.0336. The van der Waals surface area contributed by atoms with Crippen LogP contribution in [-0.4, -0.2) is 30.3 Å². The summed E-state index contributed by atoms with van der Waals surface area (Å²) >= 11 is 0. The first-order valence-corrected chi connectivity index (χ1v) is 3.91. The third kappa shape index (κ3) is 5.73. The van der Waals surface area contributed by atoms with E-state index in [2.05, 4.69) is 10.1 Å². The standard InChI is InChI=1S/C8H15NO3/c1-3-12-8(11)4-5-9-7(2)6-10/h4-5,7,9-10H,3,6H2,1-2H3/b5-4+/t7-/m0/s1. The summed E-state index contributed by atoms with van der Waals surface area (Å²) in [5.74, 6) is -0.380. The molecule has 0 saturated heterocycles. The van der Waals surface area contributed by atoms with Crippen molar-refractivity contribution in [2.24, 2.45) is 0 Å². The Morgan fingerprint density at radius 1 is 1.75 bits per heavy atom. The predicted molar refractivity (Wildman–Crippen MR) is 45.5 cm³/mol. The second-order valence-corrected chi connectivity index (χ2v) is 2.34. The lowest BCUT2D eigenvalue weighted by molar-refractivity contribution is -0.137. The maximum absolute atomic E-state index is 10.7. The van der Waals surface area contributed by atoms with Gasteiger partial charge < -0.3 is 15.2 Å². The summed E-state index contributed by atoms with van der Waals surface area (Å²) in [6, 6.07) is -0.0457. The molecule has 0 bridgehead atoms. The van der Waals surface area contributed by atoms with E-state index < -0.39 is 0 Å². The molecule has 0 heterocycles. The van der Waals surface area contributed by atoms with Gasteiger partial charge in [0.2, 0.25) is 0 Å². The van der Waals surface area contributed by atoms with Crippen LogP contribution in [0.2, 0.25) is 0 Å². The topological polar surface area (TPSA) is 58.6 Å². The quantitative estimate of drug-likeness (QED) is 0.455. The zero-order valence-corrected chi connectivity index (χ0v) is 7.41. The highest BCUT2D eigenvalue weighted by Crippen LogP contribution is 1.81. The highest BCUT2D eigenvalue weighted by Gasteiger charge is 1.95. The van der Waals surface area contributed by atoms with Crippen molar-refractivity contribution in [3.63, 3.8) is 0 Å². The SMILES string of the molecule is CCOC(=O)/C=C/N[C@@H](C)CO. The van der Waals surface area contributed by atoms with Crippen LogP contribution in [0.5, 0.6) is 0 Å². The highest BCUT2D eigenvalue weighted by atomic mass is 16.5. The third-order valence-corrected chi connectivity index (χ3v) is 1.16. The van der Waals surface area contributed by atoms with Gasteiger partial charge in [0.15, 0.2) is 0 Å². The van der Waals surface area contributed by atoms with Gasteiger partial charge in [0, 0.05) is 18.3 Å². The molecule has 0 aliphatic heterocycles. The maximum atomic E-state index is 10.7.